The number of phenolic OH excluding ortho intramolecular Hbond substituents is 1. The van der Waals surface area contributed by atoms with Gasteiger partial charge in [-0.1, -0.05) is 12.1 Å². The molecule has 1 aromatic carbocycles. The summed E-state index contributed by atoms with van der Waals surface area (Å²) >= 11 is 0. The summed E-state index contributed by atoms with van der Waals surface area (Å²) in [7, 11) is 1.21. The van der Waals surface area contributed by atoms with Gasteiger partial charge in [-0.3, -0.25) is 0 Å². The number of phenols is 1. The van der Waals surface area contributed by atoms with Gasteiger partial charge in [0.2, 0.25) is 0 Å². The number of carbonyl (C=O) groups is 2. The normalized spacial score (nSPS) is 10.9. The summed E-state index contributed by atoms with van der Waals surface area (Å²) in [5.41, 5.74) is 0.187. The lowest BCUT2D eigenvalue weighted by Gasteiger charge is -2.25. The van der Waals surface area contributed by atoms with Crippen LogP contribution in [0.15, 0.2) is 24.3 Å². The molecule has 0 aliphatic rings. The Bertz CT molecular complexity index is 490. The molecule has 6 heteroatoms. The van der Waals surface area contributed by atoms with Gasteiger partial charge >= 0.3 is 12.2 Å². The number of methoxy groups -OCH3 is 1. The highest BCUT2D eigenvalue weighted by molar-refractivity contribution is 5.87. The zero-order valence-corrected chi connectivity index (χ0v) is 12.8. The summed E-state index contributed by atoms with van der Waals surface area (Å²) in [5.74, 6) is 0.163. The summed E-state index contributed by atoms with van der Waals surface area (Å²) in [6.07, 6.45) is -1.06. The van der Waals surface area contributed by atoms with Crippen molar-refractivity contribution in [1.82, 2.24) is 4.90 Å². The van der Waals surface area contributed by atoms with E-state index in [1.807, 2.05) is 0 Å². The number of rotatable bonds is 3. The summed E-state index contributed by atoms with van der Waals surface area (Å²) < 4.78 is 9.78. The van der Waals surface area contributed by atoms with Crippen LogP contribution < -0.4 is 0 Å². The maximum Gasteiger partial charge on any atom is 0.419 e. The smallest absolute Gasteiger partial charge is 0.419 e. The maximum absolute atomic E-state index is 12.0. The van der Waals surface area contributed by atoms with Gasteiger partial charge in [-0.2, -0.15) is 0 Å². The first-order valence-corrected chi connectivity index (χ1v) is 6.59. The Morgan fingerprint density at radius 3 is 2.19 bits per heavy atom. The molecule has 0 aliphatic carbocycles. The third-order valence-corrected chi connectivity index (χ3v) is 2.57. The van der Waals surface area contributed by atoms with Crippen LogP contribution in [0.25, 0.3) is 0 Å². The van der Waals surface area contributed by atoms with Crippen molar-refractivity contribution < 1.29 is 24.2 Å². The highest BCUT2D eigenvalue weighted by Crippen LogP contribution is 2.13. The lowest BCUT2D eigenvalue weighted by atomic mass is 10.1. The third kappa shape index (κ3) is 5.72. The number of amides is 2. The van der Waals surface area contributed by atoms with Gasteiger partial charge < -0.3 is 14.6 Å². The highest BCUT2D eigenvalue weighted by Gasteiger charge is 2.27. The van der Waals surface area contributed by atoms with E-state index in [1.165, 1.54) is 7.11 Å². The van der Waals surface area contributed by atoms with Crippen molar-refractivity contribution in [2.45, 2.75) is 32.8 Å². The van der Waals surface area contributed by atoms with E-state index in [2.05, 4.69) is 4.74 Å². The molecule has 0 unspecified atom stereocenters. The van der Waals surface area contributed by atoms with Gasteiger partial charge in [-0.25, -0.2) is 14.5 Å². The second kappa shape index (κ2) is 6.97. The molecule has 1 aromatic rings. The number of carbonyl (C=O) groups excluding carboxylic acids is 2. The fourth-order valence-electron chi connectivity index (χ4n) is 1.59. The summed E-state index contributed by atoms with van der Waals surface area (Å²) in [5, 5.41) is 9.22. The van der Waals surface area contributed by atoms with Gasteiger partial charge in [0.05, 0.1) is 7.11 Å². The SMILES string of the molecule is COC(=O)N(CCc1ccc(O)cc1)C(=O)OC(C)(C)C. The monoisotopic (exact) mass is 295 g/mol. The molecule has 0 heterocycles. The summed E-state index contributed by atoms with van der Waals surface area (Å²) in [6.45, 7) is 5.30. The van der Waals surface area contributed by atoms with Crippen molar-refractivity contribution in [1.29, 1.82) is 0 Å². The molecule has 0 aromatic heterocycles. The van der Waals surface area contributed by atoms with Crippen LogP contribution in [0, 0.1) is 0 Å². The Morgan fingerprint density at radius 2 is 1.71 bits per heavy atom. The van der Waals surface area contributed by atoms with Crippen LogP contribution in [0.5, 0.6) is 5.75 Å². The molecule has 21 heavy (non-hydrogen) atoms. The molecule has 0 radical (unpaired) electrons. The minimum atomic E-state index is -0.761. The zero-order valence-electron chi connectivity index (χ0n) is 12.8. The van der Waals surface area contributed by atoms with E-state index in [4.69, 9.17) is 4.74 Å². The van der Waals surface area contributed by atoms with Crippen LogP contribution in [0.2, 0.25) is 0 Å². The topological polar surface area (TPSA) is 76.1 Å². The van der Waals surface area contributed by atoms with E-state index in [0.717, 1.165) is 10.5 Å². The summed E-state index contributed by atoms with van der Waals surface area (Å²) in [6, 6.07) is 6.54. The van der Waals surface area contributed by atoms with E-state index >= 15 is 0 Å². The molecule has 0 bridgehead atoms. The molecule has 0 atom stereocenters. The predicted octanol–water partition coefficient (Wildman–Crippen LogP) is 2.94. The largest absolute Gasteiger partial charge is 0.508 e. The van der Waals surface area contributed by atoms with Crippen molar-refractivity contribution in [3.63, 3.8) is 0 Å². The fraction of sp³-hybridized carbons (Fsp3) is 0.467. The van der Waals surface area contributed by atoms with Gasteiger partial charge in [-0.05, 0) is 44.9 Å². The van der Waals surface area contributed by atoms with Crippen molar-refractivity contribution in [3.05, 3.63) is 29.8 Å². The molecule has 6 nitrogen and oxygen atoms in total. The second-order valence-electron chi connectivity index (χ2n) is 5.52. The Kier molecular flexibility index (Phi) is 5.58. The first-order chi connectivity index (χ1) is 9.73. The van der Waals surface area contributed by atoms with Crippen LogP contribution >= 0.6 is 0 Å². The average Bonchev–Trinajstić information content (AvgIpc) is 2.38. The molecular weight excluding hydrogens is 274 g/mol. The Labute approximate surface area is 124 Å². The van der Waals surface area contributed by atoms with E-state index < -0.39 is 17.8 Å². The number of hydrogen-bond acceptors (Lipinski definition) is 5. The standard InChI is InChI=1S/C15H21NO5/c1-15(2,3)21-14(19)16(13(18)20-4)10-9-11-5-7-12(17)8-6-11/h5-8,17H,9-10H2,1-4H3. The van der Waals surface area contributed by atoms with Crippen LogP contribution in [0.4, 0.5) is 9.59 Å². The molecule has 0 aliphatic heterocycles. The van der Waals surface area contributed by atoms with Crippen LogP contribution in [-0.4, -0.2) is 41.4 Å². The molecule has 2 amide bonds. The molecule has 0 saturated carbocycles. The van der Waals surface area contributed by atoms with E-state index in [9.17, 15) is 14.7 Å². The average molecular weight is 295 g/mol. The first kappa shape index (κ1) is 16.8. The van der Waals surface area contributed by atoms with Crippen molar-refractivity contribution in [2.75, 3.05) is 13.7 Å². The van der Waals surface area contributed by atoms with Crippen LogP contribution in [-0.2, 0) is 15.9 Å². The molecule has 0 spiro atoms. The Balaban J connectivity index is 2.72. The predicted molar refractivity (Wildman–Crippen MR) is 77.2 cm³/mol. The first-order valence-electron chi connectivity index (χ1n) is 6.59. The minimum Gasteiger partial charge on any atom is -0.508 e. The zero-order chi connectivity index (χ0) is 16.0. The molecule has 0 fully saturated rings. The van der Waals surface area contributed by atoms with Gasteiger partial charge in [0.25, 0.3) is 0 Å². The number of hydrogen-bond donors (Lipinski definition) is 1. The van der Waals surface area contributed by atoms with Gasteiger partial charge in [0.15, 0.2) is 0 Å². The number of aromatic hydroxyl groups is 1. The lowest BCUT2D eigenvalue weighted by Crippen LogP contribution is -2.41. The van der Waals surface area contributed by atoms with Crippen molar-refractivity contribution in [3.8, 4) is 5.75 Å². The van der Waals surface area contributed by atoms with E-state index in [-0.39, 0.29) is 12.3 Å². The van der Waals surface area contributed by atoms with Crippen LogP contribution in [0.3, 0.4) is 0 Å². The summed E-state index contributed by atoms with van der Waals surface area (Å²) in [4.78, 5) is 24.6. The van der Waals surface area contributed by atoms with Crippen molar-refractivity contribution >= 4 is 12.2 Å². The molecule has 0 saturated heterocycles. The van der Waals surface area contributed by atoms with E-state index in [0.29, 0.717) is 6.42 Å². The molecular formula is C15H21NO5. The number of nitrogens with zero attached hydrogens (tertiary/aromatic N) is 1. The third-order valence-electron chi connectivity index (χ3n) is 2.57. The molecule has 1 N–H and O–H groups in total. The lowest BCUT2D eigenvalue weighted by molar-refractivity contribution is 0.0248. The maximum atomic E-state index is 12.0. The second-order valence-corrected chi connectivity index (χ2v) is 5.52. The Hall–Kier alpha value is -2.24. The minimum absolute atomic E-state index is 0.131. The van der Waals surface area contributed by atoms with Gasteiger partial charge in [-0.15, -0.1) is 0 Å². The highest BCUT2D eigenvalue weighted by atomic mass is 16.6. The quantitative estimate of drug-likeness (QED) is 0.927. The fourth-order valence-corrected chi connectivity index (χ4v) is 1.59. The molecule has 116 valence electrons. The van der Waals surface area contributed by atoms with Gasteiger partial charge in [0.1, 0.15) is 11.4 Å². The van der Waals surface area contributed by atoms with E-state index in [1.54, 1.807) is 45.0 Å². The Morgan fingerprint density at radius 1 is 1.14 bits per heavy atom. The number of ether oxygens (including phenoxy) is 2. The van der Waals surface area contributed by atoms with Crippen LogP contribution in [0.1, 0.15) is 26.3 Å². The van der Waals surface area contributed by atoms with Gasteiger partial charge in [0, 0.05) is 6.54 Å². The number of imide groups is 1. The van der Waals surface area contributed by atoms with Crippen molar-refractivity contribution in [2.24, 2.45) is 0 Å². The number of benzene rings is 1. The molecule has 1 rings (SSSR count).